The number of nitriles is 1. The van der Waals surface area contributed by atoms with Crippen LogP contribution in [0.15, 0.2) is 30.6 Å². The minimum atomic E-state index is 0.551. The molecule has 0 amide bonds. The normalized spacial score (nSPS) is 9.81. The van der Waals surface area contributed by atoms with Crippen molar-refractivity contribution in [3.63, 3.8) is 0 Å². The lowest BCUT2D eigenvalue weighted by atomic mass is 10.2. The number of para-hydroxylation sites is 1. The van der Waals surface area contributed by atoms with Crippen molar-refractivity contribution in [3.05, 3.63) is 36.2 Å². The lowest BCUT2D eigenvalue weighted by Gasteiger charge is -2.22. The number of nitrogens with one attached hydrogen (secondary N) is 1. The molecule has 0 unspecified atom stereocenters. The molecule has 1 N–H and O–H groups in total. The van der Waals surface area contributed by atoms with E-state index in [2.05, 4.69) is 21.4 Å². The second-order valence-corrected chi connectivity index (χ2v) is 4.30. The molecule has 0 saturated heterocycles. The first-order valence-corrected chi connectivity index (χ1v) is 6.58. The van der Waals surface area contributed by atoms with E-state index in [0.29, 0.717) is 22.9 Å². The zero-order valence-corrected chi connectivity index (χ0v) is 12.3. The highest BCUT2D eigenvalue weighted by molar-refractivity contribution is 5.74. The molecule has 1 heterocycles. The molecule has 0 aliphatic rings. The summed E-state index contributed by atoms with van der Waals surface area (Å²) in [6, 6.07) is 9.53. The molecule has 0 aliphatic carbocycles. The second-order valence-electron chi connectivity index (χ2n) is 4.30. The molecule has 6 nitrogen and oxygen atoms in total. The van der Waals surface area contributed by atoms with E-state index in [-0.39, 0.29) is 0 Å². The number of hydrogen-bond acceptors (Lipinski definition) is 6. The van der Waals surface area contributed by atoms with E-state index in [1.807, 2.05) is 37.1 Å². The predicted molar refractivity (Wildman–Crippen MR) is 82.0 cm³/mol. The highest BCUT2D eigenvalue weighted by atomic mass is 16.5. The van der Waals surface area contributed by atoms with E-state index in [0.717, 1.165) is 12.2 Å². The Balaban J connectivity index is 2.51. The van der Waals surface area contributed by atoms with Crippen LogP contribution in [0.1, 0.15) is 12.5 Å². The van der Waals surface area contributed by atoms with Crippen molar-refractivity contribution in [1.82, 2.24) is 9.97 Å². The molecule has 0 aliphatic heterocycles. The number of aromatic nitrogens is 2. The van der Waals surface area contributed by atoms with Crippen LogP contribution in [0.3, 0.4) is 0 Å². The summed E-state index contributed by atoms with van der Waals surface area (Å²) in [5, 5.41) is 12.4. The summed E-state index contributed by atoms with van der Waals surface area (Å²) in [5.74, 6) is 1.78. The predicted octanol–water partition coefficient (Wildman–Crippen LogP) is 2.56. The van der Waals surface area contributed by atoms with Gasteiger partial charge in [-0.3, -0.25) is 0 Å². The van der Waals surface area contributed by atoms with Crippen LogP contribution < -0.4 is 15.0 Å². The van der Waals surface area contributed by atoms with Crippen molar-refractivity contribution in [2.24, 2.45) is 0 Å². The lowest BCUT2D eigenvalue weighted by molar-refractivity contribution is 0.414. The molecular weight excluding hydrogens is 266 g/mol. The SMILES string of the molecule is CCNc1ncnc(N(C)c2ccccc2C#N)c1OC. The molecule has 21 heavy (non-hydrogen) atoms. The summed E-state index contributed by atoms with van der Waals surface area (Å²) in [6.07, 6.45) is 1.47. The van der Waals surface area contributed by atoms with Crippen molar-refractivity contribution in [3.8, 4) is 11.8 Å². The molecule has 2 rings (SSSR count). The third kappa shape index (κ3) is 2.87. The fourth-order valence-electron chi connectivity index (χ4n) is 2.06. The van der Waals surface area contributed by atoms with Gasteiger partial charge in [-0.15, -0.1) is 0 Å². The molecule has 0 spiro atoms. The van der Waals surface area contributed by atoms with E-state index in [4.69, 9.17) is 4.74 Å². The first-order valence-electron chi connectivity index (χ1n) is 6.58. The topological polar surface area (TPSA) is 74.1 Å². The molecule has 0 fully saturated rings. The number of hydrogen-bond donors (Lipinski definition) is 1. The second kappa shape index (κ2) is 6.57. The van der Waals surface area contributed by atoms with Crippen LogP contribution in [0.25, 0.3) is 0 Å². The lowest BCUT2D eigenvalue weighted by Crippen LogP contribution is -2.15. The molecule has 2 aromatic rings. The van der Waals surface area contributed by atoms with Crippen LogP contribution in [0.4, 0.5) is 17.3 Å². The Morgan fingerprint density at radius 2 is 2.10 bits per heavy atom. The van der Waals surface area contributed by atoms with E-state index >= 15 is 0 Å². The Labute approximate surface area is 124 Å². The van der Waals surface area contributed by atoms with Crippen LogP contribution >= 0.6 is 0 Å². The van der Waals surface area contributed by atoms with Crippen molar-refractivity contribution < 1.29 is 4.74 Å². The number of ether oxygens (including phenoxy) is 1. The van der Waals surface area contributed by atoms with Gasteiger partial charge in [-0.05, 0) is 19.1 Å². The highest BCUT2D eigenvalue weighted by Crippen LogP contribution is 2.35. The molecule has 1 aromatic heterocycles. The maximum Gasteiger partial charge on any atom is 0.204 e. The van der Waals surface area contributed by atoms with E-state index in [1.165, 1.54) is 6.33 Å². The van der Waals surface area contributed by atoms with Crippen molar-refractivity contribution in [1.29, 1.82) is 5.26 Å². The summed E-state index contributed by atoms with van der Waals surface area (Å²) in [4.78, 5) is 10.3. The Hall–Kier alpha value is -2.81. The Bertz CT molecular complexity index is 665. The van der Waals surface area contributed by atoms with Gasteiger partial charge in [0, 0.05) is 13.6 Å². The average molecular weight is 283 g/mol. The summed E-state index contributed by atoms with van der Waals surface area (Å²) in [6.45, 7) is 2.71. The van der Waals surface area contributed by atoms with Crippen LogP contribution in [0.2, 0.25) is 0 Å². The Morgan fingerprint density at radius 3 is 2.76 bits per heavy atom. The Morgan fingerprint density at radius 1 is 1.33 bits per heavy atom. The molecular formula is C15H17N5O. The van der Waals surface area contributed by atoms with Crippen LogP contribution in [-0.4, -0.2) is 30.7 Å². The minimum Gasteiger partial charge on any atom is -0.490 e. The molecule has 0 radical (unpaired) electrons. The monoisotopic (exact) mass is 283 g/mol. The summed E-state index contributed by atoms with van der Waals surface area (Å²) in [7, 11) is 3.42. The summed E-state index contributed by atoms with van der Waals surface area (Å²) in [5.41, 5.74) is 1.34. The maximum atomic E-state index is 9.23. The zero-order chi connectivity index (χ0) is 15.2. The number of anilines is 3. The largest absolute Gasteiger partial charge is 0.490 e. The van der Waals surface area contributed by atoms with Gasteiger partial charge in [-0.25, -0.2) is 9.97 Å². The van der Waals surface area contributed by atoms with Gasteiger partial charge >= 0.3 is 0 Å². The molecule has 0 saturated carbocycles. The maximum absolute atomic E-state index is 9.23. The van der Waals surface area contributed by atoms with E-state index in [1.54, 1.807) is 13.2 Å². The number of rotatable bonds is 5. The average Bonchev–Trinajstić information content (AvgIpc) is 2.54. The van der Waals surface area contributed by atoms with E-state index < -0.39 is 0 Å². The first kappa shape index (κ1) is 14.6. The van der Waals surface area contributed by atoms with Gasteiger partial charge < -0.3 is 15.0 Å². The van der Waals surface area contributed by atoms with Crippen LogP contribution in [0.5, 0.6) is 5.75 Å². The first-order chi connectivity index (χ1) is 10.2. The molecule has 0 atom stereocenters. The van der Waals surface area contributed by atoms with Gasteiger partial charge in [-0.1, -0.05) is 12.1 Å². The standard InChI is InChI=1S/C15H17N5O/c1-4-17-14-13(21-3)15(19-10-18-14)20(2)12-8-6-5-7-11(12)9-16/h5-8,10H,4H2,1-3H3,(H,17,18,19). The third-order valence-corrected chi connectivity index (χ3v) is 3.04. The van der Waals surface area contributed by atoms with Crippen LogP contribution in [0, 0.1) is 11.3 Å². The van der Waals surface area contributed by atoms with Gasteiger partial charge in [0.2, 0.25) is 5.75 Å². The third-order valence-electron chi connectivity index (χ3n) is 3.04. The minimum absolute atomic E-state index is 0.551. The molecule has 6 heteroatoms. The zero-order valence-electron chi connectivity index (χ0n) is 12.3. The smallest absolute Gasteiger partial charge is 0.204 e. The summed E-state index contributed by atoms with van der Waals surface area (Å²) < 4.78 is 5.43. The van der Waals surface area contributed by atoms with Gasteiger partial charge in [-0.2, -0.15) is 5.26 Å². The van der Waals surface area contributed by atoms with Crippen LogP contribution in [-0.2, 0) is 0 Å². The highest BCUT2D eigenvalue weighted by Gasteiger charge is 2.18. The molecule has 0 bridgehead atoms. The van der Waals surface area contributed by atoms with Crippen molar-refractivity contribution in [2.45, 2.75) is 6.92 Å². The summed E-state index contributed by atoms with van der Waals surface area (Å²) >= 11 is 0. The quantitative estimate of drug-likeness (QED) is 0.909. The number of methoxy groups -OCH3 is 1. The van der Waals surface area contributed by atoms with Gasteiger partial charge in [0.25, 0.3) is 0 Å². The molecule has 108 valence electrons. The number of benzene rings is 1. The van der Waals surface area contributed by atoms with Gasteiger partial charge in [0.1, 0.15) is 12.4 Å². The fourth-order valence-corrected chi connectivity index (χ4v) is 2.06. The molecule has 1 aromatic carbocycles. The Kier molecular flexibility index (Phi) is 4.57. The number of nitrogens with zero attached hydrogens (tertiary/aromatic N) is 4. The van der Waals surface area contributed by atoms with E-state index in [9.17, 15) is 5.26 Å². The van der Waals surface area contributed by atoms with Gasteiger partial charge in [0.15, 0.2) is 11.6 Å². The van der Waals surface area contributed by atoms with Gasteiger partial charge in [0.05, 0.1) is 18.4 Å². The van der Waals surface area contributed by atoms with Crippen molar-refractivity contribution in [2.75, 3.05) is 30.9 Å². The van der Waals surface area contributed by atoms with Crippen molar-refractivity contribution >= 4 is 17.3 Å². The fraction of sp³-hybridized carbons (Fsp3) is 0.267.